The number of benzene rings is 1. The summed E-state index contributed by atoms with van der Waals surface area (Å²) in [5, 5.41) is 11.2. The summed E-state index contributed by atoms with van der Waals surface area (Å²) in [6.45, 7) is -1.12. The maximum atomic E-state index is 12.7. The highest BCUT2D eigenvalue weighted by molar-refractivity contribution is 9.10. The fraction of sp³-hybridized carbons (Fsp3) is 0.467. The van der Waals surface area contributed by atoms with Gasteiger partial charge in [-0.3, -0.25) is 4.79 Å². The first-order chi connectivity index (χ1) is 9.99. The number of carboxylic acids is 1. The van der Waals surface area contributed by atoms with Crippen molar-refractivity contribution in [2.45, 2.75) is 37.1 Å². The van der Waals surface area contributed by atoms with Gasteiger partial charge in [-0.2, -0.15) is 0 Å². The molecule has 1 unspecified atom stereocenters. The van der Waals surface area contributed by atoms with Crippen molar-refractivity contribution in [3.63, 3.8) is 0 Å². The van der Waals surface area contributed by atoms with Crippen molar-refractivity contribution in [3.8, 4) is 0 Å². The lowest BCUT2D eigenvalue weighted by atomic mass is 9.78. The zero-order valence-electron chi connectivity index (χ0n) is 11.4. The topological polar surface area (TPSA) is 66.4 Å². The van der Waals surface area contributed by atoms with Gasteiger partial charge in [-0.05, 0) is 30.5 Å². The van der Waals surface area contributed by atoms with Crippen LogP contribution in [0.1, 0.15) is 31.2 Å². The quantitative estimate of drug-likeness (QED) is 0.851. The van der Waals surface area contributed by atoms with Gasteiger partial charge in [0.05, 0.1) is 5.41 Å². The summed E-state index contributed by atoms with van der Waals surface area (Å²) in [6, 6.07) is 5.96. The van der Waals surface area contributed by atoms with Gasteiger partial charge < -0.3 is 10.4 Å². The van der Waals surface area contributed by atoms with Crippen LogP contribution in [0, 0.1) is 0 Å². The van der Waals surface area contributed by atoms with E-state index < -0.39 is 30.0 Å². The molecule has 4 nitrogen and oxygen atoms in total. The molecule has 1 aromatic carbocycles. The van der Waals surface area contributed by atoms with Gasteiger partial charge in [0.15, 0.2) is 6.04 Å². The Morgan fingerprint density at radius 2 is 2.05 bits per heavy atom. The number of hydrogen-bond donors (Lipinski definition) is 2. The third-order valence-electron chi connectivity index (χ3n) is 4.03. The number of hydrogen-bond acceptors (Lipinski definition) is 2. The highest BCUT2D eigenvalue weighted by Crippen LogP contribution is 2.42. The van der Waals surface area contributed by atoms with Crippen molar-refractivity contribution < 1.29 is 19.1 Å². The maximum absolute atomic E-state index is 12.7. The molecule has 2 N–H and O–H groups in total. The molecule has 21 heavy (non-hydrogen) atoms. The predicted molar refractivity (Wildman–Crippen MR) is 79.8 cm³/mol. The number of amides is 1. The van der Waals surface area contributed by atoms with Crippen LogP contribution in [0.25, 0.3) is 0 Å². The van der Waals surface area contributed by atoms with E-state index in [1.807, 2.05) is 24.3 Å². The van der Waals surface area contributed by atoms with Crippen LogP contribution in [-0.4, -0.2) is 29.7 Å². The van der Waals surface area contributed by atoms with E-state index in [1.165, 1.54) is 0 Å². The Kier molecular flexibility index (Phi) is 4.98. The standard InChI is InChI=1S/C15H17BrFNO3/c16-11-5-3-4-10(8-11)15(6-1-2-7-15)14(21)18-12(9-17)13(19)20/h3-5,8,12H,1-2,6-7,9H2,(H,18,21)(H,19,20). The van der Waals surface area contributed by atoms with E-state index >= 15 is 0 Å². The van der Waals surface area contributed by atoms with Crippen LogP contribution in [0.2, 0.25) is 0 Å². The number of nitrogens with one attached hydrogen (secondary N) is 1. The van der Waals surface area contributed by atoms with Crippen molar-refractivity contribution >= 4 is 27.8 Å². The average Bonchev–Trinajstić information content (AvgIpc) is 2.95. The van der Waals surface area contributed by atoms with Gasteiger partial charge in [0.25, 0.3) is 0 Å². The highest BCUT2D eigenvalue weighted by atomic mass is 79.9. The Morgan fingerprint density at radius 1 is 1.38 bits per heavy atom. The van der Waals surface area contributed by atoms with Crippen molar-refractivity contribution in [1.82, 2.24) is 5.32 Å². The molecule has 2 rings (SSSR count). The Morgan fingerprint density at radius 3 is 2.57 bits per heavy atom. The molecule has 0 heterocycles. The lowest BCUT2D eigenvalue weighted by Gasteiger charge is -2.29. The minimum atomic E-state index is -1.48. The van der Waals surface area contributed by atoms with Crippen LogP contribution in [0.4, 0.5) is 4.39 Å². The summed E-state index contributed by atoms with van der Waals surface area (Å²) < 4.78 is 13.6. The lowest BCUT2D eigenvalue weighted by Crippen LogP contribution is -2.50. The van der Waals surface area contributed by atoms with Gasteiger partial charge in [-0.25, -0.2) is 9.18 Å². The van der Waals surface area contributed by atoms with Crippen molar-refractivity contribution in [3.05, 3.63) is 34.3 Å². The third kappa shape index (κ3) is 3.26. The molecular weight excluding hydrogens is 341 g/mol. The minimum absolute atomic E-state index is 0.400. The van der Waals surface area contributed by atoms with Gasteiger partial charge in [0, 0.05) is 4.47 Å². The Balaban J connectivity index is 2.30. The van der Waals surface area contributed by atoms with Crippen LogP contribution in [-0.2, 0) is 15.0 Å². The van der Waals surface area contributed by atoms with Gasteiger partial charge in [-0.1, -0.05) is 40.9 Å². The Labute approximate surface area is 130 Å². The first-order valence-electron chi connectivity index (χ1n) is 6.85. The number of alkyl halides is 1. The summed E-state index contributed by atoms with van der Waals surface area (Å²) in [4.78, 5) is 23.5. The summed E-state index contributed by atoms with van der Waals surface area (Å²) in [6.07, 6.45) is 3.09. The molecule has 0 spiro atoms. The number of carboxylic acid groups (broad SMARTS) is 1. The number of aliphatic carboxylic acids is 1. The summed E-state index contributed by atoms with van der Waals surface area (Å²) in [5.74, 6) is -1.75. The molecule has 1 aliphatic rings. The van der Waals surface area contributed by atoms with Crippen molar-refractivity contribution in [1.29, 1.82) is 0 Å². The summed E-state index contributed by atoms with van der Waals surface area (Å²) in [5.41, 5.74) is 0.0852. The molecule has 6 heteroatoms. The van der Waals surface area contributed by atoms with E-state index in [0.29, 0.717) is 12.8 Å². The minimum Gasteiger partial charge on any atom is -0.480 e. The van der Waals surface area contributed by atoms with E-state index in [9.17, 15) is 14.0 Å². The predicted octanol–water partition coefficient (Wildman–Crippen LogP) is 2.80. The van der Waals surface area contributed by atoms with E-state index in [0.717, 1.165) is 22.9 Å². The second-order valence-electron chi connectivity index (χ2n) is 5.32. The molecule has 1 aliphatic carbocycles. The second-order valence-corrected chi connectivity index (χ2v) is 6.23. The maximum Gasteiger partial charge on any atom is 0.328 e. The molecule has 0 aromatic heterocycles. The monoisotopic (exact) mass is 357 g/mol. The van der Waals surface area contributed by atoms with Gasteiger partial charge in [0.1, 0.15) is 6.67 Å². The highest BCUT2D eigenvalue weighted by Gasteiger charge is 2.43. The van der Waals surface area contributed by atoms with Crippen LogP contribution >= 0.6 is 15.9 Å². The molecule has 0 radical (unpaired) electrons. The number of halogens is 2. The van der Waals surface area contributed by atoms with Crippen LogP contribution in [0.15, 0.2) is 28.7 Å². The summed E-state index contributed by atoms with van der Waals surface area (Å²) >= 11 is 3.38. The first-order valence-corrected chi connectivity index (χ1v) is 7.65. The lowest BCUT2D eigenvalue weighted by molar-refractivity contribution is -0.143. The number of carbonyl (C=O) groups is 2. The zero-order chi connectivity index (χ0) is 15.5. The molecule has 1 fully saturated rings. The second kappa shape index (κ2) is 6.56. The molecule has 114 valence electrons. The molecule has 0 bridgehead atoms. The molecule has 1 aromatic rings. The summed E-state index contributed by atoms with van der Waals surface area (Å²) in [7, 11) is 0. The SMILES string of the molecule is O=C(O)C(CF)NC(=O)C1(c2cccc(Br)c2)CCCC1. The Bertz CT molecular complexity index is 543. The fourth-order valence-electron chi connectivity index (χ4n) is 2.87. The van der Waals surface area contributed by atoms with Gasteiger partial charge >= 0.3 is 5.97 Å². The molecule has 1 atom stereocenters. The van der Waals surface area contributed by atoms with Gasteiger partial charge in [-0.15, -0.1) is 0 Å². The largest absolute Gasteiger partial charge is 0.480 e. The Hall–Kier alpha value is -1.43. The van der Waals surface area contributed by atoms with Crippen LogP contribution in [0.5, 0.6) is 0 Å². The molecular formula is C15H17BrFNO3. The fourth-order valence-corrected chi connectivity index (χ4v) is 3.27. The van der Waals surface area contributed by atoms with Crippen LogP contribution in [0.3, 0.4) is 0 Å². The van der Waals surface area contributed by atoms with Gasteiger partial charge in [0.2, 0.25) is 5.91 Å². The van der Waals surface area contributed by atoms with E-state index in [2.05, 4.69) is 21.2 Å². The van der Waals surface area contributed by atoms with E-state index in [1.54, 1.807) is 0 Å². The van der Waals surface area contributed by atoms with E-state index in [4.69, 9.17) is 5.11 Å². The molecule has 1 amide bonds. The smallest absolute Gasteiger partial charge is 0.328 e. The van der Waals surface area contributed by atoms with Crippen molar-refractivity contribution in [2.75, 3.05) is 6.67 Å². The molecule has 0 saturated heterocycles. The molecule has 1 saturated carbocycles. The zero-order valence-corrected chi connectivity index (χ0v) is 13.0. The number of rotatable bonds is 5. The van der Waals surface area contributed by atoms with Crippen molar-refractivity contribution in [2.24, 2.45) is 0 Å². The van der Waals surface area contributed by atoms with E-state index in [-0.39, 0.29) is 0 Å². The normalized spacial score (nSPS) is 18.2. The first kappa shape index (κ1) is 15.9. The number of carbonyl (C=O) groups excluding carboxylic acids is 1. The molecule has 0 aliphatic heterocycles. The van der Waals surface area contributed by atoms with Crippen LogP contribution < -0.4 is 5.32 Å². The third-order valence-corrected chi connectivity index (χ3v) is 4.52. The average molecular weight is 358 g/mol.